The predicted molar refractivity (Wildman–Crippen MR) is 129 cm³/mol. The van der Waals surface area contributed by atoms with E-state index < -0.39 is 0 Å². The molecule has 0 bridgehead atoms. The summed E-state index contributed by atoms with van der Waals surface area (Å²) in [5.41, 5.74) is 4.49. The molecule has 2 aliphatic heterocycles. The number of likely N-dealkylation sites (N-methyl/N-ethyl adjacent to an activating group) is 1. The molecule has 170 valence electrons. The van der Waals surface area contributed by atoms with Gasteiger partial charge in [-0.1, -0.05) is 18.2 Å². The van der Waals surface area contributed by atoms with Crippen molar-refractivity contribution in [3.63, 3.8) is 0 Å². The molecule has 0 N–H and O–H groups in total. The Morgan fingerprint density at radius 1 is 1.25 bits per heavy atom. The number of hydrogen-bond donors (Lipinski definition) is 0. The van der Waals surface area contributed by atoms with Crippen molar-refractivity contribution in [3.05, 3.63) is 40.0 Å². The van der Waals surface area contributed by atoms with E-state index in [9.17, 15) is 9.59 Å². The third-order valence-electron chi connectivity index (χ3n) is 7.39. The summed E-state index contributed by atoms with van der Waals surface area (Å²) < 4.78 is 8.20. The van der Waals surface area contributed by atoms with E-state index >= 15 is 0 Å². The number of fused-ring (bicyclic) bond motifs is 2. The van der Waals surface area contributed by atoms with Gasteiger partial charge in [0.15, 0.2) is 0 Å². The molecule has 3 unspecified atom stereocenters. The number of nitrogens with zero attached hydrogens (tertiary/aromatic N) is 3. The first-order valence-corrected chi connectivity index (χ1v) is 12.4. The molecule has 1 fully saturated rings. The van der Waals surface area contributed by atoms with E-state index in [-0.39, 0.29) is 29.7 Å². The minimum atomic E-state index is -0.147. The van der Waals surface area contributed by atoms with Crippen molar-refractivity contribution in [2.24, 2.45) is 11.8 Å². The van der Waals surface area contributed by atoms with Crippen LogP contribution in [0, 0.1) is 11.8 Å². The number of halogens is 1. The summed E-state index contributed by atoms with van der Waals surface area (Å²) in [7, 11) is 2.11. The first kappa shape index (κ1) is 21.9. The second-order valence-electron chi connectivity index (χ2n) is 9.10. The van der Waals surface area contributed by atoms with Crippen molar-refractivity contribution < 1.29 is 14.3 Å². The fraction of sp³-hybridized carbons (Fsp3) is 0.520. The maximum Gasteiger partial charge on any atom is 0.237 e. The molecule has 32 heavy (non-hydrogen) atoms. The summed E-state index contributed by atoms with van der Waals surface area (Å²) in [5.74, 6) is 0.0515. The second kappa shape index (κ2) is 8.43. The Hall–Kier alpha value is -1.96. The minimum Gasteiger partial charge on any atom is -0.381 e. The van der Waals surface area contributed by atoms with Gasteiger partial charge in [0.05, 0.1) is 28.6 Å². The highest BCUT2D eigenvalue weighted by Crippen LogP contribution is 2.45. The van der Waals surface area contributed by atoms with Crippen molar-refractivity contribution in [2.75, 3.05) is 39.9 Å². The fourth-order valence-corrected chi connectivity index (χ4v) is 6.37. The van der Waals surface area contributed by atoms with Gasteiger partial charge in [-0.15, -0.1) is 0 Å². The molecule has 0 radical (unpaired) electrons. The van der Waals surface area contributed by atoms with Crippen LogP contribution >= 0.6 is 15.9 Å². The highest BCUT2D eigenvalue weighted by atomic mass is 79.9. The smallest absolute Gasteiger partial charge is 0.237 e. The number of aromatic nitrogens is 1. The molecule has 2 aromatic rings. The summed E-state index contributed by atoms with van der Waals surface area (Å²) in [4.78, 5) is 30.8. The summed E-state index contributed by atoms with van der Waals surface area (Å²) in [6.07, 6.45) is 3.79. The van der Waals surface area contributed by atoms with Crippen LogP contribution in [0.15, 0.2) is 28.9 Å². The summed E-state index contributed by atoms with van der Waals surface area (Å²) in [6.45, 7) is 7.37. The largest absolute Gasteiger partial charge is 0.381 e. The summed E-state index contributed by atoms with van der Waals surface area (Å²) >= 11 is 3.78. The van der Waals surface area contributed by atoms with Gasteiger partial charge in [0.1, 0.15) is 0 Å². The first-order valence-electron chi connectivity index (χ1n) is 11.6. The molecule has 0 saturated carbocycles. The van der Waals surface area contributed by atoms with Gasteiger partial charge >= 0.3 is 0 Å². The molecule has 3 aliphatic rings. The number of benzene rings is 1. The maximum absolute atomic E-state index is 13.4. The molecule has 1 saturated heterocycles. The lowest BCUT2D eigenvalue weighted by atomic mass is 9.79. The average molecular weight is 500 g/mol. The summed E-state index contributed by atoms with van der Waals surface area (Å²) in [6, 6.07) is 6.40. The molecular formula is C25H30BrN3O3. The average Bonchev–Trinajstić information content (AvgIpc) is 3.43. The van der Waals surface area contributed by atoms with Crippen LogP contribution in [0.5, 0.6) is 0 Å². The SMILES string of the molecule is CCN(CC)C(=O)C1C=C2c3cccc4c3c(c(Br)n4C(=O)C3CCOC3)CC2N(C)C1. The molecule has 1 amide bonds. The maximum atomic E-state index is 13.4. The van der Waals surface area contributed by atoms with Gasteiger partial charge in [-0.2, -0.15) is 0 Å². The van der Waals surface area contributed by atoms with E-state index in [1.807, 2.05) is 35.4 Å². The van der Waals surface area contributed by atoms with Gasteiger partial charge < -0.3 is 9.64 Å². The van der Waals surface area contributed by atoms with Crippen molar-refractivity contribution in [3.8, 4) is 0 Å². The van der Waals surface area contributed by atoms with E-state index in [4.69, 9.17) is 4.74 Å². The molecule has 7 heteroatoms. The van der Waals surface area contributed by atoms with Crippen LogP contribution in [-0.2, 0) is 16.0 Å². The topological polar surface area (TPSA) is 54.8 Å². The van der Waals surface area contributed by atoms with E-state index in [0.29, 0.717) is 19.8 Å². The molecule has 1 aromatic heterocycles. The number of hydrogen-bond acceptors (Lipinski definition) is 4. The standard InChI is InChI=1S/C25H30BrN3O3/c1-4-28(5-2)24(30)16-11-18-17-7-6-8-20-22(17)19(12-21(18)27(3)13-16)23(26)29(20)25(31)15-9-10-32-14-15/h6-8,11,15-16,21H,4-5,9-10,12-14H2,1-3H3. The van der Waals surface area contributed by atoms with Crippen LogP contribution in [0.3, 0.4) is 0 Å². The van der Waals surface area contributed by atoms with Gasteiger partial charge in [0.25, 0.3) is 0 Å². The van der Waals surface area contributed by atoms with E-state index in [1.165, 1.54) is 11.1 Å². The molecule has 0 spiro atoms. The zero-order valence-electron chi connectivity index (χ0n) is 18.9. The van der Waals surface area contributed by atoms with Gasteiger partial charge in [-0.3, -0.25) is 19.1 Å². The zero-order valence-corrected chi connectivity index (χ0v) is 20.5. The Labute approximate surface area is 197 Å². The third-order valence-corrected chi connectivity index (χ3v) is 8.22. The van der Waals surface area contributed by atoms with E-state index in [2.05, 4.69) is 40.0 Å². The van der Waals surface area contributed by atoms with Crippen LogP contribution < -0.4 is 0 Å². The van der Waals surface area contributed by atoms with Gasteiger partial charge in [0, 0.05) is 37.7 Å². The molecule has 6 nitrogen and oxygen atoms in total. The molecule has 3 heterocycles. The van der Waals surface area contributed by atoms with Crippen LogP contribution in [0.25, 0.3) is 16.5 Å². The quantitative estimate of drug-likeness (QED) is 0.641. The van der Waals surface area contributed by atoms with Gasteiger partial charge in [-0.05, 0) is 72.4 Å². The van der Waals surface area contributed by atoms with Crippen molar-refractivity contribution in [1.82, 2.24) is 14.4 Å². The Bertz CT molecular complexity index is 1110. The van der Waals surface area contributed by atoms with E-state index in [1.54, 1.807) is 0 Å². The lowest BCUT2D eigenvalue weighted by Crippen LogP contribution is -2.47. The van der Waals surface area contributed by atoms with Crippen LogP contribution in [0.4, 0.5) is 0 Å². The molecule has 5 rings (SSSR count). The van der Waals surface area contributed by atoms with Crippen molar-refractivity contribution in [1.29, 1.82) is 0 Å². The Balaban J connectivity index is 1.63. The van der Waals surface area contributed by atoms with Crippen LogP contribution in [0.2, 0.25) is 0 Å². The first-order chi connectivity index (χ1) is 15.5. The van der Waals surface area contributed by atoms with Crippen LogP contribution in [-0.4, -0.2) is 72.1 Å². The number of carbonyl (C=O) groups is 2. The number of ether oxygens (including phenoxy) is 1. The van der Waals surface area contributed by atoms with Gasteiger partial charge in [-0.25, -0.2) is 0 Å². The second-order valence-corrected chi connectivity index (χ2v) is 9.85. The molecule has 1 aromatic carbocycles. The fourth-order valence-electron chi connectivity index (χ4n) is 5.64. The summed E-state index contributed by atoms with van der Waals surface area (Å²) in [5, 5.41) is 1.14. The number of amides is 1. The minimum absolute atomic E-state index is 0.0978. The molecule has 1 aliphatic carbocycles. The van der Waals surface area contributed by atoms with E-state index in [0.717, 1.165) is 47.0 Å². The highest BCUT2D eigenvalue weighted by Gasteiger charge is 2.39. The van der Waals surface area contributed by atoms with Crippen molar-refractivity contribution >= 4 is 44.2 Å². The monoisotopic (exact) mass is 499 g/mol. The zero-order chi connectivity index (χ0) is 22.6. The van der Waals surface area contributed by atoms with Crippen LogP contribution in [0.1, 0.15) is 36.2 Å². The molecule has 3 atom stereocenters. The lowest BCUT2D eigenvalue weighted by molar-refractivity contribution is -0.134. The normalized spacial score (nSPS) is 25.0. The Kier molecular flexibility index (Phi) is 5.76. The highest BCUT2D eigenvalue weighted by molar-refractivity contribution is 9.10. The number of rotatable bonds is 4. The van der Waals surface area contributed by atoms with Crippen molar-refractivity contribution in [2.45, 2.75) is 32.7 Å². The Morgan fingerprint density at radius 2 is 2.03 bits per heavy atom. The molecular weight excluding hydrogens is 470 g/mol. The lowest BCUT2D eigenvalue weighted by Gasteiger charge is -2.40. The third kappa shape index (κ3) is 3.28. The Morgan fingerprint density at radius 3 is 2.72 bits per heavy atom. The van der Waals surface area contributed by atoms with Gasteiger partial charge in [0.2, 0.25) is 11.8 Å². The number of carbonyl (C=O) groups excluding carboxylic acids is 2. The predicted octanol–water partition coefficient (Wildman–Crippen LogP) is 3.82.